The molecule has 1 N–H and O–H groups in total. The van der Waals surface area contributed by atoms with Crippen molar-refractivity contribution in [3.63, 3.8) is 0 Å². The Hall–Kier alpha value is -3.51. The maximum Gasteiger partial charge on any atom is 0.303 e. The lowest BCUT2D eigenvalue weighted by atomic mass is 10.1. The van der Waals surface area contributed by atoms with Gasteiger partial charge in [0.25, 0.3) is 0 Å². The van der Waals surface area contributed by atoms with Crippen molar-refractivity contribution < 1.29 is 14.6 Å². The Kier molecular flexibility index (Phi) is 6.69. The molecule has 2 aromatic carbocycles. The number of aliphatic carboxylic acids is 1. The number of rotatable bonds is 9. The van der Waals surface area contributed by atoms with Crippen LogP contribution in [-0.2, 0) is 11.4 Å². The predicted octanol–water partition coefficient (Wildman–Crippen LogP) is 6.07. The minimum absolute atomic E-state index is 0.143. The maximum atomic E-state index is 11.0. The van der Waals surface area contributed by atoms with Crippen LogP contribution >= 0.6 is 11.3 Å². The van der Waals surface area contributed by atoms with E-state index in [-0.39, 0.29) is 6.42 Å². The van der Waals surface area contributed by atoms with Gasteiger partial charge in [-0.2, -0.15) is 0 Å². The molecule has 4 aromatic rings. The quantitative estimate of drug-likeness (QED) is 0.349. The van der Waals surface area contributed by atoms with Crippen molar-refractivity contribution in [3.05, 3.63) is 89.2 Å². The summed E-state index contributed by atoms with van der Waals surface area (Å²) < 4.78 is 6.97. The summed E-state index contributed by atoms with van der Waals surface area (Å²) in [6.45, 7) is 0.490. The summed E-state index contributed by atoms with van der Waals surface area (Å²) in [5, 5.41) is 9.95. The van der Waals surface area contributed by atoms with Gasteiger partial charge in [-0.25, -0.2) is 4.98 Å². The van der Waals surface area contributed by atoms with E-state index in [0.717, 1.165) is 37.7 Å². The first-order valence-corrected chi connectivity index (χ1v) is 10.9. The number of carbonyl (C=O) groups is 1. The number of pyridine rings is 1. The average molecular weight is 431 g/mol. The number of benzene rings is 2. The van der Waals surface area contributed by atoms with Crippen molar-refractivity contribution in [2.75, 3.05) is 0 Å². The molecule has 4 rings (SSSR count). The van der Waals surface area contributed by atoms with Crippen LogP contribution in [0.1, 0.15) is 35.4 Å². The lowest BCUT2D eigenvalue weighted by Gasteiger charge is -2.07. The predicted molar refractivity (Wildman–Crippen MR) is 124 cm³/mol. The zero-order chi connectivity index (χ0) is 21.5. The van der Waals surface area contributed by atoms with Crippen molar-refractivity contribution in [3.8, 4) is 5.75 Å². The molecule has 156 valence electrons. The fourth-order valence-corrected chi connectivity index (χ4v) is 4.20. The van der Waals surface area contributed by atoms with Crippen molar-refractivity contribution in [2.24, 2.45) is 0 Å². The van der Waals surface area contributed by atoms with Crippen molar-refractivity contribution >= 4 is 39.2 Å². The number of hydrogen-bond donors (Lipinski definition) is 1. The number of hydrogen-bond acceptors (Lipinski definition) is 5. The molecule has 0 aliphatic heterocycles. The van der Waals surface area contributed by atoms with Gasteiger partial charge in [0.1, 0.15) is 17.4 Å². The lowest BCUT2D eigenvalue weighted by Crippen LogP contribution is -1.95. The highest BCUT2D eigenvalue weighted by Crippen LogP contribution is 2.31. The molecule has 31 heavy (non-hydrogen) atoms. The fraction of sp³-hybridized carbons (Fsp3) is 0.160. The SMILES string of the molecule is O=C(O)CCCC(=Cc1ccc(OCc2ccncc2)cc1)c1nc2ccccc2s1. The second-order valence-electron chi connectivity index (χ2n) is 7.12. The minimum atomic E-state index is -0.778. The Labute approximate surface area is 184 Å². The molecule has 0 radical (unpaired) electrons. The number of para-hydroxylation sites is 1. The van der Waals surface area contributed by atoms with Gasteiger partial charge in [-0.05, 0) is 72.0 Å². The van der Waals surface area contributed by atoms with E-state index in [1.54, 1.807) is 23.7 Å². The molecule has 0 bridgehead atoms. The number of fused-ring (bicyclic) bond motifs is 1. The summed E-state index contributed by atoms with van der Waals surface area (Å²) in [5.74, 6) is 0.0146. The highest BCUT2D eigenvalue weighted by Gasteiger charge is 2.10. The highest BCUT2D eigenvalue weighted by molar-refractivity contribution is 7.19. The smallest absolute Gasteiger partial charge is 0.303 e. The molecule has 0 aliphatic rings. The standard InChI is InChI=1S/C25H22N2O3S/c28-24(29)7-3-4-20(25-27-22-5-1-2-6-23(22)31-25)16-18-8-10-21(11-9-18)30-17-19-12-14-26-15-13-19/h1-2,5-6,8-16H,3-4,7,17H2,(H,28,29). The van der Waals surface area contributed by atoms with E-state index in [0.29, 0.717) is 19.4 Å². The van der Waals surface area contributed by atoms with Gasteiger partial charge >= 0.3 is 5.97 Å². The van der Waals surface area contributed by atoms with Crippen LogP contribution < -0.4 is 4.74 Å². The maximum absolute atomic E-state index is 11.0. The number of carboxylic acid groups (broad SMARTS) is 1. The van der Waals surface area contributed by atoms with Crippen LogP contribution in [-0.4, -0.2) is 21.0 Å². The fourth-order valence-electron chi connectivity index (χ4n) is 3.19. The van der Waals surface area contributed by atoms with Crippen molar-refractivity contribution in [2.45, 2.75) is 25.9 Å². The summed E-state index contributed by atoms with van der Waals surface area (Å²) in [5.41, 5.74) is 4.11. The van der Waals surface area contributed by atoms with Gasteiger partial charge < -0.3 is 9.84 Å². The lowest BCUT2D eigenvalue weighted by molar-refractivity contribution is -0.137. The van der Waals surface area contributed by atoms with Crippen molar-refractivity contribution in [1.29, 1.82) is 0 Å². The van der Waals surface area contributed by atoms with Crippen LogP contribution in [0.3, 0.4) is 0 Å². The van der Waals surface area contributed by atoms with Crippen LogP contribution in [0.15, 0.2) is 73.1 Å². The molecule has 0 aliphatic carbocycles. The first kappa shape index (κ1) is 20.8. The van der Waals surface area contributed by atoms with Crippen LogP contribution in [0.5, 0.6) is 5.75 Å². The largest absolute Gasteiger partial charge is 0.489 e. The monoisotopic (exact) mass is 430 g/mol. The molecule has 0 saturated heterocycles. The molecule has 2 aromatic heterocycles. The molecule has 0 fully saturated rings. The molecule has 2 heterocycles. The normalized spacial score (nSPS) is 11.5. The van der Waals surface area contributed by atoms with Gasteiger partial charge in [0, 0.05) is 18.8 Å². The Morgan fingerprint density at radius 2 is 1.77 bits per heavy atom. The number of aromatic nitrogens is 2. The number of carboxylic acids is 1. The Balaban J connectivity index is 1.52. The molecule has 0 atom stereocenters. The molecular formula is C25H22N2O3S. The molecule has 0 amide bonds. The Bertz CT molecular complexity index is 1150. The second kappa shape index (κ2) is 10.00. The zero-order valence-electron chi connectivity index (χ0n) is 16.9. The molecule has 0 saturated carbocycles. The van der Waals surface area contributed by atoms with Gasteiger partial charge in [-0.1, -0.05) is 24.3 Å². The van der Waals surface area contributed by atoms with Crippen molar-refractivity contribution in [1.82, 2.24) is 9.97 Å². The summed E-state index contributed by atoms with van der Waals surface area (Å²) in [6.07, 6.45) is 6.97. The summed E-state index contributed by atoms with van der Waals surface area (Å²) in [7, 11) is 0. The number of thiazole rings is 1. The van der Waals surface area contributed by atoms with E-state index in [1.165, 1.54) is 0 Å². The summed E-state index contributed by atoms with van der Waals surface area (Å²) >= 11 is 1.64. The molecule has 6 heteroatoms. The van der Waals surface area contributed by atoms with E-state index in [9.17, 15) is 4.79 Å². The van der Waals surface area contributed by atoms with E-state index in [4.69, 9.17) is 14.8 Å². The van der Waals surface area contributed by atoms with Crippen LogP contribution in [0.25, 0.3) is 21.9 Å². The van der Waals surface area contributed by atoms with Crippen LogP contribution in [0.4, 0.5) is 0 Å². The van der Waals surface area contributed by atoms with Gasteiger partial charge in [0.2, 0.25) is 0 Å². The molecular weight excluding hydrogens is 408 g/mol. The topological polar surface area (TPSA) is 72.3 Å². The number of ether oxygens (including phenoxy) is 1. The van der Waals surface area contributed by atoms with Gasteiger partial charge in [-0.3, -0.25) is 9.78 Å². The summed E-state index contributed by atoms with van der Waals surface area (Å²) in [4.78, 5) is 19.7. The number of allylic oxidation sites excluding steroid dienone is 1. The van der Waals surface area contributed by atoms with E-state index in [1.807, 2.05) is 54.6 Å². The van der Waals surface area contributed by atoms with Gasteiger partial charge in [0.05, 0.1) is 10.2 Å². The third-order valence-corrected chi connectivity index (χ3v) is 5.89. The molecule has 0 unspecified atom stereocenters. The summed E-state index contributed by atoms with van der Waals surface area (Å²) in [6, 6.07) is 19.8. The second-order valence-corrected chi connectivity index (χ2v) is 8.15. The van der Waals surface area contributed by atoms with Crippen LogP contribution in [0.2, 0.25) is 0 Å². The molecule has 0 spiro atoms. The first-order valence-electron chi connectivity index (χ1n) is 10.1. The van der Waals surface area contributed by atoms with Crippen LogP contribution in [0, 0.1) is 0 Å². The van der Waals surface area contributed by atoms with E-state index < -0.39 is 5.97 Å². The third kappa shape index (κ3) is 5.77. The van der Waals surface area contributed by atoms with Gasteiger partial charge in [0.15, 0.2) is 0 Å². The average Bonchev–Trinajstić information content (AvgIpc) is 3.23. The Morgan fingerprint density at radius 1 is 1.00 bits per heavy atom. The Morgan fingerprint density at radius 3 is 2.52 bits per heavy atom. The highest BCUT2D eigenvalue weighted by atomic mass is 32.1. The number of nitrogens with zero attached hydrogens (tertiary/aromatic N) is 2. The molecule has 5 nitrogen and oxygen atoms in total. The first-order chi connectivity index (χ1) is 15.2. The minimum Gasteiger partial charge on any atom is -0.489 e. The third-order valence-electron chi connectivity index (χ3n) is 4.78. The van der Waals surface area contributed by atoms with E-state index >= 15 is 0 Å². The zero-order valence-corrected chi connectivity index (χ0v) is 17.7. The van der Waals surface area contributed by atoms with Gasteiger partial charge in [-0.15, -0.1) is 11.3 Å². The van der Waals surface area contributed by atoms with E-state index in [2.05, 4.69) is 17.1 Å².